The lowest BCUT2D eigenvalue weighted by Gasteiger charge is -2.27. The van der Waals surface area contributed by atoms with Crippen LogP contribution >= 0.6 is 12.2 Å². The van der Waals surface area contributed by atoms with Crippen LogP contribution in [0.5, 0.6) is 0 Å². The first-order valence-electron chi connectivity index (χ1n) is 6.78. The minimum Gasteiger partial charge on any atom is -0.335 e. The van der Waals surface area contributed by atoms with Crippen molar-refractivity contribution < 1.29 is 0 Å². The van der Waals surface area contributed by atoms with Gasteiger partial charge in [-0.1, -0.05) is 18.1 Å². The van der Waals surface area contributed by atoms with Crippen LogP contribution in [0.25, 0.3) is 0 Å². The van der Waals surface area contributed by atoms with E-state index >= 15 is 0 Å². The Hall–Kier alpha value is -2.16. The van der Waals surface area contributed by atoms with E-state index in [1.54, 1.807) is 0 Å². The van der Waals surface area contributed by atoms with Gasteiger partial charge in [0, 0.05) is 37.3 Å². The Morgan fingerprint density at radius 3 is 2.76 bits per heavy atom. The van der Waals surface area contributed by atoms with E-state index in [1.165, 1.54) is 5.56 Å². The van der Waals surface area contributed by atoms with E-state index < -0.39 is 0 Å². The van der Waals surface area contributed by atoms with Gasteiger partial charge in [0.05, 0.1) is 5.56 Å². The number of rotatable bonds is 2. The molecule has 2 N–H and O–H groups in total. The SMILES string of the molecule is C#Cc1ccc(CN2CCc3[nH]c(=S)[nH]c(=O)c3C2)cc1. The number of hydrogen-bond acceptors (Lipinski definition) is 3. The third kappa shape index (κ3) is 2.97. The van der Waals surface area contributed by atoms with Crippen LogP contribution in [0.1, 0.15) is 22.4 Å². The molecule has 3 rings (SSSR count). The molecule has 5 heteroatoms. The van der Waals surface area contributed by atoms with E-state index in [0.717, 1.165) is 36.3 Å². The predicted octanol–water partition coefficient (Wildman–Crippen LogP) is 1.97. The molecule has 4 nitrogen and oxygen atoms in total. The van der Waals surface area contributed by atoms with Crippen molar-refractivity contribution in [3.8, 4) is 12.3 Å². The molecular weight excluding hydrogens is 282 g/mol. The third-order valence-electron chi connectivity index (χ3n) is 3.72. The average Bonchev–Trinajstić information content (AvgIpc) is 2.48. The minimum absolute atomic E-state index is 0.0823. The molecule has 1 aliphatic rings. The first-order chi connectivity index (χ1) is 10.2. The number of aromatic amines is 2. The Kier molecular flexibility index (Phi) is 3.74. The zero-order valence-electron chi connectivity index (χ0n) is 11.5. The van der Waals surface area contributed by atoms with Gasteiger partial charge in [-0.15, -0.1) is 6.42 Å². The smallest absolute Gasteiger partial charge is 0.256 e. The molecule has 0 amide bonds. The summed E-state index contributed by atoms with van der Waals surface area (Å²) >= 11 is 5.00. The Morgan fingerprint density at radius 1 is 1.29 bits per heavy atom. The summed E-state index contributed by atoms with van der Waals surface area (Å²) in [6, 6.07) is 7.95. The summed E-state index contributed by atoms with van der Waals surface area (Å²) in [5.41, 5.74) is 3.74. The zero-order chi connectivity index (χ0) is 14.8. The first kappa shape index (κ1) is 13.8. The largest absolute Gasteiger partial charge is 0.335 e. The van der Waals surface area contributed by atoms with Crippen molar-refractivity contribution in [3.05, 3.63) is 61.8 Å². The molecule has 0 radical (unpaired) electrons. The number of H-pyrrole nitrogens is 2. The molecule has 21 heavy (non-hydrogen) atoms. The maximum atomic E-state index is 12.0. The van der Waals surface area contributed by atoms with Gasteiger partial charge in [-0.2, -0.15) is 0 Å². The highest BCUT2D eigenvalue weighted by atomic mass is 32.1. The van der Waals surface area contributed by atoms with Crippen molar-refractivity contribution in [2.45, 2.75) is 19.5 Å². The van der Waals surface area contributed by atoms with E-state index in [9.17, 15) is 4.79 Å². The molecule has 0 saturated carbocycles. The molecule has 1 aromatic carbocycles. The third-order valence-corrected chi connectivity index (χ3v) is 3.92. The van der Waals surface area contributed by atoms with E-state index in [2.05, 4.69) is 20.8 Å². The second-order valence-corrected chi connectivity index (χ2v) is 5.58. The van der Waals surface area contributed by atoms with Crippen molar-refractivity contribution in [2.24, 2.45) is 0 Å². The molecule has 1 aromatic heterocycles. The highest BCUT2D eigenvalue weighted by Crippen LogP contribution is 2.16. The number of benzene rings is 1. The summed E-state index contributed by atoms with van der Waals surface area (Å²) in [4.78, 5) is 20.0. The first-order valence-corrected chi connectivity index (χ1v) is 7.19. The fourth-order valence-corrected chi connectivity index (χ4v) is 2.83. The second-order valence-electron chi connectivity index (χ2n) is 5.17. The molecule has 0 bridgehead atoms. The summed E-state index contributed by atoms with van der Waals surface area (Å²) in [7, 11) is 0. The van der Waals surface area contributed by atoms with Crippen LogP contribution in [0, 0.1) is 17.1 Å². The van der Waals surface area contributed by atoms with Crippen molar-refractivity contribution in [3.63, 3.8) is 0 Å². The van der Waals surface area contributed by atoms with Gasteiger partial charge in [-0.3, -0.25) is 14.7 Å². The van der Waals surface area contributed by atoms with Gasteiger partial charge in [0.25, 0.3) is 5.56 Å². The fraction of sp³-hybridized carbons (Fsp3) is 0.250. The number of nitrogens with zero attached hydrogens (tertiary/aromatic N) is 1. The summed E-state index contributed by atoms with van der Waals surface area (Å²) < 4.78 is 0.400. The number of fused-ring (bicyclic) bond motifs is 1. The summed E-state index contributed by atoms with van der Waals surface area (Å²) in [5, 5.41) is 0. The fourth-order valence-electron chi connectivity index (χ4n) is 2.61. The van der Waals surface area contributed by atoms with Gasteiger partial charge in [0.15, 0.2) is 4.77 Å². The standard InChI is InChI=1S/C16H15N3OS/c1-2-11-3-5-12(6-4-11)9-19-8-7-14-13(10-19)15(20)18-16(21)17-14/h1,3-6H,7-10H2,(H2,17,18,20,21). The molecule has 106 valence electrons. The molecule has 0 atom stereocenters. The number of hydrogen-bond donors (Lipinski definition) is 2. The highest BCUT2D eigenvalue weighted by molar-refractivity contribution is 7.71. The maximum Gasteiger partial charge on any atom is 0.256 e. The molecule has 0 unspecified atom stereocenters. The van der Waals surface area contributed by atoms with Crippen LogP contribution in [0.3, 0.4) is 0 Å². The molecular formula is C16H15N3OS. The van der Waals surface area contributed by atoms with Crippen LogP contribution in [-0.4, -0.2) is 21.4 Å². The Labute approximate surface area is 127 Å². The van der Waals surface area contributed by atoms with Crippen LogP contribution < -0.4 is 5.56 Å². The van der Waals surface area contributed by atoms with Gasteiger partial charge in [0.1, 0.15) is 0 Å². The van der Waals surface area contributed by atoms with Crippen molar-refractivity contribution in [1.29, 1.82) is 0 Å². The van der Waals surface area contributed by atoms with E-state index in [1.807, 2.05) is 24.3 Å². The lowest BCUT2D eigenvalue weighted by Crippen LogP contribution is -2.35. The topological polar surface area (TPSA) is 51.9 Å². The summed E-state index contributed by atoms with van der Waals surface area (Å²) in [6.07, 6.45) is 6.17. The van der Waals surface area contributed by atoms with E-state index in [0.29, 0.717) is 11.3 Å². The molecule has 0 spiro atoms. The number of aromatic nitrogens is 2. The Morgan fingerprint density at radius 2 is 2.05 bits per heavy atom. The molecule has 0 fully saturated rings. The minimum atomic E-state index is -0.0823. The van der Waals surface area contributed by atoms with Gasteiger partial charge in [0.2, 0.25) is 0 Å². The molecule has 1 aliphatic heterocycles. The van der Waals surface area contributed by atoms with Crippen LogP contribution in [0.15, 0.2) is 29.1 Å². The average molecular weight is 297 g/mol. The number of nitrogens with one attached hydrogen (secondary N) is 2. The molecule has 2 aromatic rings. The molecule has 0 aliphatic carbocycles. The Bertz CT molecular complexity index is 811. The second kappa shape index (κ2) is 5.68. The van der Waals surface area contributed by atoms with Crippen molar-refractivity contribution in [2.75, 3.05) is 6.54 Å². The van der Waals surface area contributed by atoms with Gasteiger partial charge < -0.3 is 4.98 Å². The zero-order valence-corrected chi connectivity index (χ0v) is 12.3. The molecule has 0 saturated heterocycles. The van der Waals surface area contributed by atoms with Crippen LogP contribution in [-0.2, 0) is 19.5 Å². The van der Waals surface area contributed by atoms with Crippen molar-refractivity contribution >= 4 is 12.2 Å². The van der Waals surface area contributed by atoms with E-state index in [-0.39, 0.29) is 5.56 Å². The predicted molar refractivity (Wildman–Crippen MR) is 84.4 cm³/mol. The summed E-state index contributed by atoms with van der Waals surface area (Å²) in [6.45, 7) is 2.34. The highest BCUT2D eigenvalue weighted by Gasteiger charge is 2.19. The molecule has 2 heterocycles. The normalized spacial score (nSPS) is 14.4. The monoisotopic (exact) mass is 297 g/mol. The van der Waals surface area contributed by atoms with Gasteiger partial charge >= 0.3 is 0 Å². The lowest BCUT2D eigenvalue weighted by molar-refractivity contribution is 0.241. The Balaban J connectivity index is 1.78. The maximum absolute atomic E-state index is 12.0. The van der Waals surface area contributed by atoms with Crippen LogP contribution in [0.4, 0.5) is 0 Å². The van der Waals surface area contributed by atoms with Gasteiger partial charge in [-0.25, -0.2) is 0 Å². The quantitative estimate of drug-likeness (QED) is 0.658. The van der Waals surface area contributed by atoms with Crippen molar-refractivity contribution in [1.82, 2.24) is 14.9 Å². The summed E-state index contributed by atoms with van der Waals surface area (Å²) in [5.74, 6) is 2.61. The van der Waals surface area contributed by atoms with E-state index in [4.69, 9.17) is 18.6 Å². The lowest BCUT2D eigenvalue weighted by atomic mass is 10.1. The number of terminal acetylenes is 1. The van der Waals surface area contributed by atoms with Gasteiger partial charge in [-0.05, 0) is 29.9 Å². The van der Waals surface area contributed by atoms with Crippen LogP contribution in [0.2, 0.25) is 0 Å².